The molecule has 1 aliphatic rings. The van der Waals surface area contributed by atoms with Crippen molar-refractivity contribution in [3.8, 4) is 17.2 Å². The Bertz CT molecular complexity index is 831. The summed E-state index contributed by atoms with van der Waals surface area (Å²) >= 11 is 0. The van der Waals surface area contributed by atoms with Gasteiger partial charge in [-0.25, -0.2) is 0 Å². The van der Waals surface area contributed by atoms with Gasteiger partial charge in [0.05, 0.1) is 6.61 Å². The largest absolute Gasteiger partial charge is 0.508 e. The fourth-order valence-corrected chi connectivity index (χ4v) is 3.06. The van der Waals surface area contributed by atoms with E-state index < -0.39 is 0 Å². The molecule has 1 N–H and O–H groups in total. The van der Waals surface area contributed by atoms with Crippen molar-refractivity contribution >= 4 is 11.8 Å². The molecule has 3 rings (SSSR count). The third-order valence-electron chi connectivity index (χ3n) is 4.51. The Morgan fingerprint density at radius 2 is 1.57 bits per heavy atom. The van der Waals surface area contributed by atoms with Gasteiger partial charge >= 0.3 is 0 Å². The number of piperazine rings is 1. The zero-order chi connectivity index (χ0) is 19.9. The minimum atomic E-state index is -0.148. The summed E-state index contributed by atoms with van der Waals surface area (Å²) in [6, 6.07) is 13.5. The van der Waals surface area contributed by atoms with Gasteiger partial charge in [0.25, 0.3) is 11.8 Å². The van der Waals surface area contributed by atoms with Gasteiger partial charge in [0.2, 0.25) is 0 Å². The average Bonchev–Trinajstić information content (AvgIpc) is 2.73. The first-order chi connectivity index (χ1) is 13.6. The van der Waals surface area contributed by atoms with E-state index in [2.05, 4.69) is 0 Å². The van der Waals surface area contributed by atoms with Crippen molar-refractivity contribution in [3.05, 3.63) is 54.1 Å². The Balaban J connectivity index is 1.51. The number of para-hydroxylation sites is 2. The Morgan fingerprint density at radius 3 is 2.21 bits per heavy atom. The molecule has 0 atom stereocenters. The predicted molar refractivity (Wildman–Crippen MR) is 104 cm³/mol. The highest BCUT2D eigenvalue weighted by atomic mass is 16.5. The number of aromatic hydroxyl groups is 1. The van der Waals surface area contributed by atoms with Crippen LogP contribution < -0.4 is 9.47 Å². The van der Waals surface area contributed by atoms with E-state index in [0.717, 1.165) is 0 Å². The molecule has 0 saturated carbocycles. The second-order valence-corrected chi connectivity index (χ2v) is 6.39. The number of benzene rings is 2. The Morgan fingerprint density at radius 1 is 0.929 bits per heavy atom. The van der Waals surface area contributed by atoms with Crippen LogP contribution >= 0.6 is 0 Å². The molecule has 0 bridgehead atoms. The monoisotopic (exact) mass is 384 g/mol. The highest BCUT2D eigenvalue weighted by molar-refractivity contribution is 5.94. The lowest BCUT2D eigenvalue weighted by molar-refractivity contribution is -0.134. The van der Waals surface area contributed by atoms with E-state index in [-0.39, 0.29) is 24.2 Å². The van der Waals surface area contributed by atoms with E-state index in [4.69, 9.17) is 9.47 Å². The molecule has 7 heteroatoms. The van der Waals surface area contributed by atoms with E-state index in [1.165, 1.54) is 12.1 Å². The van der Waals surface area contributed by atoms with Crippen LogP contribution in [0.15, 0.2) is 48.5 Å². The molecule has 0 aromatic heterocycles. The van der Waals surface area contributed by atoms with Crippen molar-refractivity contribution in [2.75, 3.05) is 39.4 Å². The molecule has 148 valence electrons. The van der Waals surface area contributed by atoms with Gasteiger partial charge in [0.1, 0.15) is 5.75 Å². The van der Waals surface area contributed by atoms with Crippen molar-refractivity contribution in [1.82, 2.24) is 9.80 Å². The summed E-state index contributed by atoms with van der Waals surface area (Å²) in [7, 11) is 0. The second-order valence-electron chi connectivity index (χ2n) is 6.39. The molecule has 1 heterocycles. The van der Waals surface area contributed by atoms with Crippen molar-refractivity contribution in [2.24, 2.45) is 0 Å². The van der Waals surface area contributed by atoms with Crippen LogP contribution in [0.25, 0.3) is 0 Å². The van der Waals surface area contributed by atoms with E-state index in [9.17, 15) is 14.7 Å². The smallest absolute Gasteiger partial charge is 0.260 e. The quantitative estimate of drug-likeness (QED) is 0.826. The van der Waals surface area contributed by atoms with Gasteiger partial charge in [-0.1, -0.05) is 18.2 Å². The predicted octanol–water partition coefficient (Wildman–Crippen LogP) is 2.15. The van der Waals surface area contributed by atoms with Gasteiger partial charge in [-0.15, -0.1) is 0 Å². The highest BCUT2D eigenvalue weighted by Gasteiger charge is 2.25. The van der Waals surface area contributed by atoms with Crippen LogP contribution in [0.5, 0.6) is 17.2 Å². The molecule has 0 unspecified atom stereocenters. The molecule has 1 saturated heterocycles. The van der Waals surface area contributed by atoms with Crippen LogP contribution in [0.2, 0.25) is 0 Å². The van der Waals surface area contributed by atoms with E-state index in [1.807, 2.05) is 19.1 Å². The molecule has 0 aliphatic carbocycles. The second kappa shape index (κ2) is 9.12. The van der Waals surface area contributed by atoms with Gasteiger partial charge in [0.15, 0.2) is 18.1 Å². The zero-order valence-electron chi connectivity index (χ0n) is 15.8. The number of phenolic OH excluding ortho intramolecular Hbond substituents is 1. The zero-order valence-corrected chi connectivity index (χ0v) is 15.8. The molecule has 0 radical (unpaired) electrons. The molecule has 7 nitrogen and oxygen atoms in total. The number of hydrogen-bond donors (Lipinski definition) is 1. The third kappa shape index (κ3) is 4.73. The van der Waals surface area contributed by atoms with Crippen LogP contribution in [0.3, 0.4) is 0 Å². The molecule has 2 aromatic rings. The van der Waals surface area contributed by atoms with E-state index >= 15 is 0 Å². The number of ether oxygens (including phenoxy) is 2. The maximum Gasteiger partial charge on any atom is 0.260 e. The van der Waals surface area contributed by atoms with Crippen LogP contribution in [-0.4, -0.2) is 66.1 Å². The molecule has 0 spiro atoms. The van der Waals surface area contributed by atoms with Gasteiger partial charge < -0.3 is 24.4 Å². The molecule has 28 heavy (non-hydrogen) atoms. The molecule has 1 fully saturated rings. The number of carbonyl (C=O) groups is 2. The number of carbonyl (C=O) groups excluding carboxylic acids is 2. The fraction of sp³-hybridized carbons (Fsp3) is 0.333. The minimum absolute atomic E-state index is 0.0594. The van der Waals surface area contributed by atoms with Gasteiger partial charge in [-0.05, 0) is 37.3 Å². The summed E-state index contributed by atoms with van der Waals surface area (Å²) in [6.07, 6.45) is 0. The molecule has 1 aliphatic heterocycles. The molecular weight excluding hydrogens is 360 g/mol. The third-order valence-corrected chi connectivity index (χ3v) is 4.51. The summed E-state index contributed by atoms with van der Waals surface area (Å²) in [5, 5.41) is 9.53. The van der Waals surface area contributed by atoms with Crippen LogP contribution in [-0.2, 0) is 4.79 Å². The first-order valence-corrected chi connectivity index (χ1v) is 9.29. The lowest BCUT2D eigenvalue weighted by atomic mass is 10.1. The Labute approximate surface area is 164 Å². The summed E-state index contributed by atoms with van der Waals surface area (Å²) in [5.41, 5.74) is 0.440. The van der Waals surface area contributed by atoms with Crippen molar-refractivity contribution in [1.29, 1.82) is 0 Å². The number of amides is 2. The number of phenols is 1. The molecule has 2 amide bonds. The topological polar surface area (TPSA) is 79.3 Å². The van der Waals surface area contributed by atoms with Gasteiger partial charge in [0, 0.05) is 31.7 Å². The lowest BCUT2D eigenvalue weighted by Gasteiger charge is -2.34. The standard InChI is InChI=1S/C21H24N2O5/c1-2-27-18-8-3-4-9-19(18)28-15-20(25)22-10-12-23(13-11-22)21(26)16-6-5-7-17(24)14-16/h3-9,14,24H,2,10-13,15H2,1H3. The number of rotatable bonds is 6. The summed E-state index contributed by atoms with van der Waals surface area (Å²) in [5.74, 6) is 0.930. The number of nitrogens with zero attached hydrogens (tertiary/aromatic N) is 2. The van der Waals surface area contributed by atoms with Crippen LogP contribution in [0, 0.1) is 0 Å². The van der Waals surface area contributed by atoms with E-state index in [0.29, 0.717) is 49.8 Å². The van der Waals surface area contributed by atoms with E-state index in [1.54, 1.807) is 34.1 Å². The van der Waals surface area contributed by atoms with Crippen molar-refractivity contribution in [2.45, 2.75) is 6.92 Å². The molecular formula is C21H24N2O5. The summed E-state index contributed by atoms with van der Waals surface area (Å²) < 4.78 is 11.1. The highest BCUT2D eigenvalue weighted by Crippen LogP contribution is 2.26. The van der Waals surface area contributed by atoms with Crippen LogP contribution in [0.1, 0.15) is 17.3 Å². The average molecular weight is 384 g/mol. The fourth-order valence-electron chi connectivity index (χ4n) is 3.06. The van der Waals surface area contributed by atoms with Crippen molar-refractivity contribution in [3.63, 3.8) is 0 Å². The normalized spacial score (nSPS) is 13.9. The first kappa shape index (κ1) is 19.5. The van der Waals surface area contributed by atoms with Gasteiger partial charge in [-0.2, -0.15) is 0 Å². The number of hydrogen-bond acceptors (Lipinski definition) is 5. The Kier molecular flexibility index (Phi) is 6.37. The van der Waals surface area contributed by atoms with Crippen LogP contribution in [0.4, 0.5) is 0 Å². The SMILES string of the molecule is CCOc1ccccc1OCC(=O)N1CCN(C(=O)c2cccc(O)c2)CC1. The Hall–Kier alpha value is -3.22. The maximum atomic E-state index is 12.5. The minimum Gasteiger partial charge on any atom is -0.508 e. The summed E-state index contributed by atoms with van der Waals surface area (Å²) in [6.45, 7) is 4.10. The summed E-state index contributed by atoms with van der Waals surface area (Å²) in [4.78, 5) is 28.3. The maximum absolute atomic E-state index is 12.5. The molecule has 2 aromatic carbocycles. The first-order valence-electron chi connectivity index (χ1n) is 9.29. The lowest BCUT2D eigenvalue weighted by Crippen LogP contribution is -2.51. The van der Waals surface area contributed by atoms with Gasteiger partial charge in [-0.3, -0.25) is 9.59 Å². The van der Waals surface area contributed by atoms with Crippen molar-refractivity contribution < 1.29 is 24.2 Å².